The fourth-order valence-corrected chi connectivity index (χ4v) is 4.17. The van der Waals surface area contributed by atoms with E-state index < -0.39 is 11.4 Å². The van der Waals surface area contributed by atoms with Gasteiger partial charge >= 0.3 is 5.56 Å². The third-order valence-electron chi connectivity index (χ3n) is 5.78. The zero-order valence-corrected chi connectivity index (χ0v) is 18.4. The van der Waals surface area contributed by atoms with Gasteiger partial charge in [-0.05, 0) is 38.3 Å². The van der Waals surface area contributed by atoms with Gasteiger partial charge in [-0.15, -0.1) is 0 Å². The highest BCUT2D eigenvalue weighted by Gasteiger charge is 2.31. The number of methoxy groups -OCH3 is 3. The van der Waals surface area contributed by atoms with Crippen LogP contribution in [0.1, 0.15) is 47.1 Å². The van der Waals surface area contributed by atoms with Gasteiger partial charge in [0.1, 0.15) is 0 Å². The molecule has 10 heteroatoms. The number of benzene rings is 1. The minimum Gasteiger partial charge on any atom is -0.493 e. The predicted octanol–water partition coefficient (Wildman–Crippen LogP) is 2.86. The summed E-state index contributed by atoms with van der Waals surface area (Å²) in [6.07, 6.45) is 2.45. The van der Waals surface area contributed by atoms with Gasteiger partial charge in [-0.25, -0.2) is 4.98 Å². The van der Waals surface area contributed by atoms with Crippen LogP contribution in [0.25, 0.3) is 5.65 Å². The molecule has 1 fully saturated rings. The number of carbonyl (C=O) groups excluding carboxylic acids is 1. The number of carbonyl (C=O) groups is 1. The predicted molar refractivity (Wildman–Crippen MR) is 114 cm³/mol. The topological polar surface area (TPSA) is 98.2 Å². The molecule has 1 N–H and O–H groups in total. The molecule has 1 saturated heterocycles. The fraction of sp³-hybridized carbons (Fsp3) is 0.409. The molecule has 0 aliphatic carbocycles. The minimum atomic E-state index is -0.898. The lowest BCUT2D eigenvalue weighted by molar-refractivity contribution is 0.0605. The summed E-state index contributed by atoms with van der Waals surface area (Å²) >= 11 is 0. The van der Waals surface area contributed by atoms with Crippen molar-refractivity contribution in [3.8, 4) is 17.2 Å². The highest BCUT2D eigenvalue weighted by atomic mass is 19.1. The van der Waals surface area contributed by atoms with E-state index in [1.807, 2.05) is 0 Å². The molecule has 0 saturated carbocycles. The molecule has 1 unspecified atom stereocenters. The SMILES string of the molecule is COc1cc(C(=O)N2CCCCC2c2cc3nc(C)c(F)c(=O)n3[nH]2)cc(OC)c1OC. The number of rotatable bonds is 5. The first-order valence-corrected chi connectivity index (χ1v) is 10.3. The van der Waals surface area contributed by atoms with Crippen LogP contribution in [-0.4, -0.2) is 53.3 Å². The van der Waals surface area contributed by atoms with Gasteiger partial charge in [0.25, 0.3) is 5.91 Å². The molecule has 0 bridgehead atoms. The number of hydrogen-bond acceptors (Lipinski definition) is 6. The van der Waals surface area contributed by atoms with Crippen molar-refractivity contribution in [3.05, 3.63) is 51.3 Å². The molecule has 4 rings (SSSR count). The van der Waals surface area contributed by atoms with Crippen molar-refractivity contribution in [1.29, 1.82) is 0 Å². The number of ether oxygens (including phenoxy) is 3. The van der Waals surface area contributed by atoms with Crippen molar-refractivity contribution < 1.29 is 23.4 Å². The van der Waals surface area contributed by atoms with E-state index in [0.717, 1.165) is 17.4 Å². The van der Waals surface area contributed by atoms with Gasteiger partial charge in [0.2, 0.25) is 11.6 Å². The summed E-state index contributed by atoms with van der Waals surface area (Å²) in [7, 11) is 4.48. The Labute approximate surface area is 183 Å². The maximum atomic E-state index is 14.0. The van der Waals surface area contributed by atoms with Gasteiger partial charge in [0, 0.05) is 18.2 Å². The molecule has 2 aromatic heterocycles. The van der Waals surface area contributed by atoms with Crippen LogP contribution in [0.15, 0.2) is 23.0 Å². The fourth-order valence-electron chi connectivity index (χ4n) is 4.17. The number of piperidine rings is 1. The van der Waals surface area contributed by atoms with Gasteiger partial charge in [0.05, 0.1) is 38.8 Å². The lowest BCUT2D eigenvalue weighted by Crippen LogP contribution is -2.38. The third kappa shape index (κ3) is 3.55. The van der Waals surface area contributed by atoms with Gasteiger partial charge in [-0.1, -0.05) is 0 Å². The summed E-state index contributed by atoms with van der Waals surface area (Å²) < 4.78 is 31.2. The summed E-state index contributed by atoms with van der Waals surface area (Å²) in [5, 5.41) is 2.94. The molecular formula is C22H25FN4O5. The highest BCUT2D eigenvalue weighted by Crippen LogP contribution is 2.39. The Balaban J connectivity index is 1.75. The first kappa shape index (κ1) is 21.7. The van der Waals surface area contributed by atoms with Gasteiger partial charge in [0.15, 0.2) is 17.1 Å². The molecule has 170 valence electrons. The Morgan fingerprint density at radius 3 is 2.44 bits per heavy atom. The van der Waals surface area contributed by atoms with E-state index in [0.29, 0.717) is 47.1 Å². The molecule has 1 aliphatic heterocycles. The second-order valence-corrected chi connectivity index (χ2v) is 7.65. The normalized spacial score (nSPS) is 16.3. The van der Waals surface area contributed by atoms with Crippen molar-refractivity contribution in [2.45, 2.75) is 32.2 Å². The zero-order valence-electron chi connectivity index (χ0n) is 18.4. The Bertz CT molecular complexity index is 1210. The molecule has 0 spiro atoms. The van der Waals surface area contributed by atoms with Gasteiger partial charge < -0.3 is 19.1 Å². The lowest BCUT2D eigenvalue weighted by atomic mass is 9.98. The number of aromatic nitrogens is 3. The smallest absolute Gasteiger partial charge is 0.308 e. The number of nitrogens with one attached hydrogen (secondary N) is 1. The lowest BCUT2D eigenvalue weighted by Gasteiger charge is -2.35. The number of aromatic amines is 1. The largest absolute Gasteiger partial charge is 0.493 e. The standard InChI is InChI=1S/C22H25FN4O5/c1-12-19(23)22(29)27-18(24-12)11-14(25-27)15-7-5-6-8-26(15)21(28)13-9-16(30-2)20(32-4)17(10-13)31-3/h9-11,15,25H,5-8H2,1-4H3. The summed E-state index contributed by atoms with van der Waals surface area (Å²) in [5.41, 5.74) is 0.570. The second-order valence-electron chi connectivity index (χ2n) is 7.65. The van der Waals surface area contributed by atoms with E-state index in [1.165, 1.54) is 28.3 Å². The number of fused-ring (bicyclic) bond motifs is 1. The highest BCUT2D eigenvalue weighted by molar-refractivity contribution is 5.96. The number of hydrogen-bond donors (Lipinski definition) is 1. The van der Waals surface area contributed by atoms with Gasteiger partial charge in [-0.3, -0.25) is 14.7 Å². The van der Waals surface area contributed by atoms with Crippen LogP contribution in [-0.2, 0) is 0 Å². The summed E-state index contributed by atoms with van der Waals surface area (Å²) in [6, 6.07) is 4.61. The Morgan fingerprint density at radius 2 is 1.81 bits per heavy atom. The maximum Gasteiger partial charge on any atom is 0.308 e. The third-order valence-corrected chi connectivity index (χ3v) is 5.78. The first-order chi connectivity index (χ1) is 15.4. The number of likely N-dealkylation sites (tertiary alicyclic amines) is 1. The molecule has 3 aromatic rings. The van der Waals surface area contributed by atoms with Gasteiger partial charge in [-0.2, -0.15) is 8.91 Å². The van der Waals surface area contributed by atoms with Crippen LogP contribution in [0, 0.1) is 12.7 Å². The Morgan fingerprint density at radius 1 is 1.12 bits per heavy atom. The van der Waals surface area contributed by atoms with Crippen molar-refractivity contribution in [3.63, 3.8) is 0 Å². The average Bonchev–Trinajstić information content (AvgIpc) is 3.25. The molecule has 1 aromatic carbocycles. The van der Waals surface area contributed by atoms with Crippen molar-refractivity contribution in [2.75, 3.05) is 27.9 Å². The number of amides is 1. The Hall–Kier alpha value is -3.56. The zero-order chi connectivity index (χ0) is 23.0. The van der Waals surface area contributed by atoms with Crippen LogP contribution in [0.5, 0.6) is 17.2 Å². The number of H-pyrrole nitrogens is 1. The quantitative estimate of drug-likeness (QED) is 0.650. The summed E-state index contributed by atoms with van der Waals surface area (Å²) in [4.78, 5) is 31.7. The van der Waals surface area contributed by atoms with E-state index in [1.54, 1.807) is 23.1 Å². The van der Waals surface area contributed by atoms with Crippen LogP contribution in [0.2, 0.25) is 0 Å². The van der Waals surface area contributed by atoms with Crippen molar-refractivity contribution in [2.24, 2.45) is 0 Å². The minimum absolute atomic E-state index is 0.0366. The maximum absolute atomic E-state index is 14.0. The van der Waals surface area contributed by atoms with Crippen molar-refractivity contribution in [1.82, 2.24) is 19.5 Å². The number of halogens is 1. The van der Waals surface area contributed by atoms with Crippen LogP contribution in [0.3, 0.4) is 0 Å². The summed E-state index contributed by atoms with van der Waals surface area (Å²) in [5.74, 6) is 0.0625. The molecule has 1 amide bonds. The van der Waals surface area contributed by atoms with Crippen LogP contribution >= 0.6 is 0 Å². The number of nitrogens with zero attached hydrogens (tertiary/aromatic N) is 3. The number of aryl methyl sites for hydroxylation is 1. The summed E-state index contributed by atoms with van der Waals surface area (Å²) in [6.45, 7) is 1.98. The van der Waals surface area contributed by atoms with E-state index in [2.05, 4.69) is 10.1 Å². The van der Waals surface area contributed by atoms with Crippen LogP contribution in [0.4, 0.5) is 4.39 Å². The molecule has 9 nitrogen and oxygen atoms in total. The average molecular weight is 444 g/mol. The van der Waals surface area contributed by atoms with E-state index >= 15 is 0 Å². The van der Waals surface area contributed by atoms with Crippen molar-refractivity contribution >= 4 is 11.6 Å². The Kier molecular flexibility index (Phi) is 5.77. The monoisotopic (exact) mass is 444 g/mol. The van der Waals surface area contributed by atoms with Crippen LogP contribution < -0.4 is 19.8 Å². The molecule has 3 heterocycles. The van der Waals surface area contributed by atoms with E-state index in [-0.39, 0.29) is 17.6 Å². The van der Waals surface area contributed by atoms with E-state index in [4.69, 9.17) is 14.2 Å². The molecule has 1 aliphatic rings. The first-order valence-electron chi connectivity index (χ1n) is 10.3. The molecule has 1 atom stereocenters. The molecule has 32 heavy (non-hydrogen) atoms. The second kappa shape index (κ2) is 8.52. The van der Waals surface area contributed by atoms with E-state index in [9.17, 15) is 14.0 Å². The molecule has 0 radical (unpaired) electrons. The molecular weight excluding hydrogens is 419 g/mol.